The highest BCUT2D eigenvalue weighted by Gasteiger charge is 2.12. The van der Waals surface area contributed by atoms with Crippen molar-refractivity contribution in [2.75, 3.05) is 6.61 Å². The molecule has 1 unspecified atom stereocenters. The highest BCUT2D eigenvalue weighted by atomic mass is 32.1. The Bertz CT molecular complexity index is 507. The summed E-state index contributed by atoms with van der Waals surface area (Å²) in [7, 11) is 0. The van der Waals surface area contributed by atoms with Gasteiger partial charge in [-0.15, -0.1) is 11.3 Å². The van der Waals surface area contributed by atoms with Gasteiger partial charge in [0.1, 0.15) is 5.75 Å². The topological polar surface area (TPSA) is 35.2 Å². The maximum Gasteiger partial charge on any atom is 0.119 e. The highest BCUT2D eigenvalue weighted by Crippen LogP contribution is 2.28. The van der Waals surface area contributed by atoms with Gasteiger partial charge in [0.2, 0.25) is 0 Å². The van der Waals surface area contributed by atoms with E-state index in [9.17, 15) is 0 Å². The van der Waals surface area contributed by atoms with Gasteiger partial charge in [-0.3, -0.25) is 0 Å². The zero-order chi connectivity index (χ0) is 13.0. The molecule has 3 heteroatoms. The maximum atomic E-state index is 6.30. The molecule has 0 saturated heterocycles. The van der Waals surface area contributed by atoms with Gasteiger partial charge >= 0.3 is 0 Å². The minimum atomic E-state index is -0.0595. The lowest BCUT2D eigenvalue weighted by Crippen LogP contribution is -2.10. The van der Waals surface area contributed by atoms with E-state index in [-0.39, 0.29) is 6.04 Å². The van der Waals surface area contributed by atoms with E-state index in [0.29, 0.717) is 6.61 Å². The second-order valence-electron chi connectivity index (χ2n) is 4.14. The van der Waals surface area contributed by atoms with E-state index in [0.717, 1.165) is 17.7 Å². The first-order chi connectivity index (χ1) is 8.74. The van der Waals surface area contributed by atoms with Crippen LogP contribution in [0.4, 0.5) is 0 Å². The first kappa shape index (κ1) is 13.1. The van der Waals surface area contributed by atoms with E-state index >= 15 is 0 Å². The van der Waals surface area contributed by atoms with Gasteiger partial charge < -0.3 is 10.5 Å². The third-order valence-electron chi connectivity index (χ3n) is 2.87. The van der Waals surface area contributed by atoms with E-state index in [1.165, 1.54) is 9.75 Å². The molecule has 0 fully saturated rings. The van der Waals surface area contributed by atoms with Crippen molar-refractivity contribution in [2.45, 2.75) is 26.3 Å². The molecule has 0 bridgehead atoms. The number of thiophene rings is 1. The number of ether oxygens (including phenoxy) is 1. The van der Waals surface area contributed by atoms with Crippen LogP contribution in [0.25, 0.3) is 0 Å². The number of hydrogen-bond donors (Lipinski definition) is 1. The number of hydrogen-bond acceptors (Lipinski definition) is 3. The predicted molar refractivity (Wildman–Crippen MR) is 77.3 cm³/mol. The minimum absolute atomic E-state index is 0.0595. The Morgan fingerprint density at radius 2 is 2.06 bits per heavy atom. The van der Waals surface area contributed by atoms with Gasteiger partial charge in [-0.05, 0) is 43.2 Å². The second kappa shape index (κ2) is 6.03. The van der Waals surface area contributed by atoms with E-state index in [2.05, 4.69) is 25.1 Å². The fraction of sp³-hybridized carbons (Fsp3) is 0.333. The molecule has 2 rings (SSSR count). The summed E-state index contributed by atoms with van der Waals surface area (Å²) in [5, 5.41) is 0. The van der Waals surface area contributed by atoms with E-state index in [4.69, 9.17) is 10.5 Å². The maximum absolute atomic E-state index is 6.30. The summed E-state index contributed by atoms with van der Waals surface area (Å²) in [6.45, 7) is 4.83. The summed E-state index contributed by atoms with van der Waals surface area (Å²) < 4.78 is 5.51. The summed E-state index contributed by atoms with van der Waals surface area (Å²) in [5.41, 5.74) is 7.41. The molecule has 2 aromatic rings. The minimum Gasteiger partial charge on any atom is -0.494 e. The number of aryl methyl sites for hydroxylation is 1. The lowest BCUT2D eigenvalue weighted by Gasteiger charge is -2.12. The predicted octanol–water partition coefficient (Wildman–Crippen LogP) is 3.76. The second-order valence-corrected chi connectivity index (χ2v) is 5.34. The average molecular weight is 261 g/mol. The number of rotatable bonds is 5. The molecule has 0 aliphatic rings. The molecule has 0 aliphatic heterocycles. The monoisotopic (exact) mass is 261 g/mol. The zero-order valence-corrected chi connectivity index (χ0v) is 11.7. The van der Waals surface area contributed by atoms with Crippen LogP contribution in [0.2, 0.25) is 0 Å². The van der Waals surface area contributed by atoms with Crippen LogP contribution < -0.4 is 10.5 Å². The molecular weight excluding hydrogens is 242 g/mol. The molecule has 0 saturated carbocycles. The standard InChI is InChI=1S/C15H19NOS/c1-3-13-8-9-14(18-13)15(16)11-6-5-7-12(10-11)17-4-2/h5-10,15H,3-4,16H2,1-2H3. The van der Waals surface area contributed by atoms with Crippen LogP contribution in [0.3, 0.4) is 0 Å². The average Bonchev–Trinajstić information content (AvgIpc) is 2.87. The molecule has 2 nitrogen and oxygen atoms in total. The lowest BCUT2D eigenvalue weighted by molar-refractivity contribution is 0.340. The van der Waals surface area contributed by atoms with Crippen molar-refractivity contribution < 1.29 is 4.74 Å². The van der Waals surface area contributed by atoms with Crippen molar-refractivity contribution in [3.05, 3.63) is 51.7 Å². The van der Waals surface area contributed by atoms with Crippen LogP contribution >= 0.6 is 11.3 Å². The molecule has 1 aromatic heterocycles. The first-order valence-electron chi connectivity index (χ1n) is 6.31. The fourth-order valence-corrected chi connectivity index (χ4v) is 2.86. The molecule has 1 aromatic carbocycles. The summed E-state index contributed by atoms with van der Waals surface area (Å²) in [6.07, 6.45) is 1.07. The molecule has 0 aliphatic carbocycles. The largest absolute Gasteiger partial charge is 0.494 e. The Labute approximate surface area is 112 Å². The number of nitrogens with two attached hydrogens (primary N) is 1. The van der Waals surface area contributed by atoms with Gasteiger partial charge in [-0.1, -0.05) is 19.1 Å². The highest BCUT2D eigenvalue weighted by molar-refractivity contribution is 7.12. The molecule has 1 atom stereocenters. The zero-order valence-electron chi connectivity index (χ0n) is 10.8. The van der Waals surface area contributed by atoms with Crippen LogP contribution in [0.1, 0.15) is 35.2 Å². The summed E-state index contributed by atoms with van der Waals surface area (Å²) in [6, 6.07) is 12.3. The Hall–Kier alpha value is -1.32. The smallest absolute Gasteiger partial charge is 0.119 e. The lowest BCUT2D eigenvalue weighted by atomic mass is 10.1. The van der Waals surface area contributed by atoms with Crippen LogP contribution in [0.15, 0.2) is 36.4 Å². The first-order valence-corrected chi connectivity index (χ1v) is 7.13. The van der Waals surface area contributed by atoms with Crippen molar-refractivity contribution in [3.63, 3.8) is 0 Å². The van der Waals surface area contributed by atoms with Crippen molar-refractivity contribution in [1.82, 2.24) is 0 Å². The normalized spacial score (nSPS) is 12.4. The van der Waals surface area contributed by atoms with Gasteiger partial charge in [-0.2, -0.15) is 0 Å². The van der Waals surface area contributed by atoms with Crippen LogP contribution in [-0.4, -0.2) is 6.61 Å². The van der Waals surface area contributed by atoms with Crippen molar-refractivity contribution in [1.29, 1.82) is 0 Å². The Morgan fingerprint density at radius 3 is 2.72 bits per heavy atom. The van der Waals surface area contributed by atoms with Crippen molar-refractivity contribution in [2.24, 2.45) is 5.73 Å². The van der Waals surface area contributed by atoms with Gasteiger partial charge in [0.25, 0.3) is 0 Å². The van der Waals surface area contributed by atoms with E-state index in [1.807, 2.05) is 25.1 Å². The molecule has 0 amide bonds. The van der Waals surface area contributed by atoms with Crippen molar-refractivity contribution in [3.8, 4) is 5.75 Å². The SMILES string of the molecule is CCOc1cccc(C(N)c2ccc(CC)s2)c1. The third-order valence-corrected chi connectivity index (χ3v) is 4.18. The van der Waals surface area contributed by atoms with Gasteiger partial charge in [0, 0.05) is 9.75 Å². The summed E-state index contributed by atoms with van der Waals surface area (Å²) in [4.78, 5) is 2.59. The van der Waals surface area contributed by atoms with E-state index in [1.54, 1.807) is 11.3 Å². The quantitative estimate of drug-likeness (QED) is 0.889. The van der Waals surface area contributed by atoms with Gasteiger partial charge in [-0.25, -0.2) is 0 Å². The molecule has 0 spiro atoms. The van der Waals surface area contributed by atoms with Crippen molar-refractivity contribution >= 4 is 11.3 Å². The van der Waals surface area contributed by atoms with Gasteiger partial charge in [0.05, 0.1) is 12.6 Å². The summed E-state index contributed by atoms with van der Waals surface area (Å²) in [5.74, 6) is 0.887. The fourth-order valence-electron chi connectivity index (χ4n) is 1.88. The Morgan fingerprint density at radius 1 is 1.22 bits per heavy atom. The third kappa shape index (κ3) is 2.92. The van der Waals surface area contributed by atoms with Gasteiger partial charge in [0.15, 0.2) is 0 Å². The summed E-state index contributed by atoms with van der Waals surface area (Å²) >= 11 is 1.79. The Kier molecular flexibility index (Phi) is 4.39. The van der Waals surface area contributed by atoms with E-state index < -0.39 is 0 Å². The molecule has 96 valence electrons. The molecule has 0 radical (unpaired) electrons. The van der Waals surface area contributed by atoms with Crippen LogP contribution in [-0.2, 0) is 6.42 Å². The molecule has 1 heterocycles. The van der Waals surface area contributed by atoms with Crippen LogP contribution in [0, 0.1) is 0 Å². The number of benzene rings is 1. The molecule has 18 heavy (non-hydrogen) atoms. The van der Waals surface area contributed by atoms with Crippen LogP contribution in [0.5, 0.6) is 5.75 Å². The molecule has 2 N–H and O–H groups in total. The Balaban J connectivity index is 2.21. The molecular formula is C15H19NOS.